The highest BCUT2D eigenvalue weighted by molar-refractivity contribution is 5.91. The van der Waals surface area contributed by atoms with E-state index in [1.54, 1.807) is 0 Å². The van der Waals surface area contributed by atoms with Crippen LogP contribution in [-0.2, 0) is 5.41 Å². The molecule has 0 N–H and O–H groups in total. The molecule has 2 aromatic heterocycles. The zero-order valence-corrected chi connectivity index (χ0v) is 30.0. The van der Waals surface area contributed by atoms with Crippen molar-refractivity contribution >= 4 is 11.0 Å². The maximum Gasteiger partial charge on any atom is 0.160 e. The minimum absolute atomic E-state index is 0.0787. The number of hydrogen-bond acceptors (Lipinski definition) is 4. The van der Waals surface area contributed by atoms with E-state index in [0.29, 0.717) is 5.82 Å². The lowest BCUT2D eigenvalue weighted by Gasteiger charge is -2.21. The van der Waals surface area contributed by atoms with Crippen molar-refractivity contribution in [1.82, 2.24) is 25.0 Å². The lowest BCUT2D eigenvalue weighted by Crippen LogP contribution is -2.14. The molecule has 9 aromatic rings. The number of aromatic nitrogens is 5. The van der Waals surface area contributed by atoms with Crippen LogP contribution in [0.2, 0.25) is 0 Å². The maximum atomic E-state index is 5.09. The van der Waals surface area contributed by atoms with Crippen LogP contribution in [0.3, 0.4) is 0 Å². The highest BCUT2D eigenvalue weighted by atomic mass is 15.4. The van der Waals surface area contributed by atoms with E-state index in [9.17, 15) is 0 Å². The molecule has 0 radical (unpaired) electrons. The van der Waals surface area contributed by atoms with Gasteiger partial charge in [-0.05, 0) is 80.9 Å². The molecule has 0 saturated carbocycles. The fourth-order valence-electron chi connectivity index (χ4n) is 7.88. The van der Waals surface area contributed by atoms with Crippen LogP contribution in [0.15, 0.2) is 176 Å². The van der Waals surface area contributed by atoms with Crippen LogP contribution in [0.25, 0.3) is 84.0 Å². The molecular weight excluding hydrogens is 659 g/mol. The molecule has 0 saturated heterocycles. The van der Waals surface area contributed by atoms with Gasteiger partial charge in [-0.1, -0.05) is 159 Å². The Morgan fingerprint density at radius 3 is 1.76 bits per heavy atom. The van der Waals surface area contributed by atoms with Crippen LogP contribution in [0.1, 0.15) is 25.0 Å². The van der Waals surface area contributed by atoms with E-state index >= 15 is 0 Å². The highest BCUT2D eigenvalue weighted by Crippen LogP contribution is 2.49. The standard InChI is InChI=1S/C49H35N5/c1-49(2)42-19-10-9-18-40(42)41-29-47-46(30-43(41)49)52-53-54(47)39-26-24-34(25-27-39)37-16-11-17-38(28-37)45-31-44(50-48(51-45)36-14-7-4-8-15-36)35-22-20-33(21-23-35)32-12-5-3-6-13-32/h3-31H,1-2H3. The highest BCUT2D eigenvalue weighted by Gasteiger charge is 2.36. The Bertz CT molecular complexity index is 2820. The molecule has 5 nitrogen and oxygen atoms in total. The minimum Gasteiger partial charge on any atom is -0.228 e. The Morgan fingerprint density at radius 1 is 0.426 bits per heavy atom. The first kappa shape index (κ1) is 31.7. The molecule has 1 aliphatic carbocycles. The molecule has 5 heteroatoms. The number of fused-ring (bicyclic) bond motifs is 4. The average molecular weight is 694 g/mol. The summed E-state index contributed by atoms with van der Waals surface area (Å²) in [5.74, 6) is 0.697. The van der Waals surface area contributed by atoms with E-state index in [1.165, 1.54) is 33.4 Å². The van der Waals surface area contributed by atoms with Gasteiger partial charge in [-0.3, -0.25) is 0 Å². The summed E-state index contributed by atoms with van der Waals surface area (Å²) >= 11 is 0. The van der Waals surface area contributed by atoms with E-state index < -0.39 is 0 Å². The number of benzene rings is 7. The van der Waals surface area contributed by atoms with Gasteiger partial charge in [-0.15, -0.1) is 5.10 Å². The second-order valence-electron chi connectivity index (χ2n) is 14.5. The van der Waals surface area contributed by atoms with Gasteiger partial charge in [0, 0.05) is 22.1 Å². The zero-order valence-electron chi connectivity index (χ0n) is 30.0. The maximum absolute atomic E-state index is 5.09. The summed E-state index contributed by atoms with van der Waals surface area (Å²) in [6.07, 6.45) is 0. The summed E-state index contributed by atoms with van der Waals surface area (Å²) in [5.41, 5.74) is 17.4. The van der Waals surface area contributed by atoms with Gasteiger partial charge in [-0.2, -0.15) is 0 Å². The molecule has 0 unspecified atom stereocenters. The van der Waals surface area contributed by atoms with Gasteiger partial charge in [0.25, 0.3) is 0 Å². The molecule has 0 fully saturated rings. The molecule has 0 atom stereocenters. The molecular formula is C49H35N5. The first-order valence-corrected chi connectivity index (χ1v) is 18.3. The van der Waals surface area contributed by atoms with E-state index in [0.717, 1.165) is 55.9 Å². The molecule has 0 spiro atoms. The van der Waals surface area contributed by atoms with Crippen molar-refractivity contribution in [3.05, 3.63) is 187 Å². The third-order valence-corrected chi connectivity index (χ3v) is 10.8. The normalized spacial score (nSPS) is 12.8. The van der Waals surface area contributed by atoms with Gasteiger partial charge >= 0.3 is 0 Å². The number of hydrogen-bond donors (Lipinski definition) is 0. The molecule has 0 bridgehead atoms. The first-order valence-electron chi connectivity index (χ1n) is 18.3. The zero-order chi connectivity index (χ0) is 36.2. The molecule has 0 aliphatic heterocycles. The minimum atomic E-state index is -0.0787. The Hall–Kier alpha value is -6.98. The van der Waals surface area contributed by atoms with Crippen LogP contribution in [-0.4, -0.2) is 25.0 Å². The van der Waals surface area contributed by atoms with E-state index in [1.807, 2.05) is 28.9 Å². The van der Waals surface area contributed by atoms with E-state index in [2.05, 4.69) is 176 Å². The summed E-state index contributed by atoms with van der Waals surface area (Å²) < 4.78 is 1.95. The average Bonchev–Trinajstić information content (AvgIpc) is 3.76. The first-order chi connectivity index (χ1) is 26.5. The SMILES string of the molecule is CC1(C)c2ccccc2-c2cc3c(cc21)nnn3-c1ccc(-c2cccc(-c3cc(-c4ccc(-c5ccccc5)cc4)nc(-c4ccccc4)n3)c2)cc1. The van der Waals surface area contributed by atoms with Crippen LogP contribution in [0.4, 0.5) is 0 Å². The van der Waals surface area contributed by atoms with Gasteiger partial charge < -0.3 is 0 Å². The molecule has 0 amide bonds. The molecule has 7 aromatic carbocycles. The molecule has 54 heavy (non-hydrogen) atoms. The lowest BCUT2D eigenvalue weighted by molar-refractivity contribution is 0.661. The van der Waals surface area contributed by atoms with Crippen molar-refractivity contribution < 1.29 is 0 Å². The fourth-order valence-corrected chi connectivity index (χ4v) is 7.88. The molecule has 256 valence electrons. The summed E-state index contributed by atoms with van der Waals surface area (Å²) in [6.45, 7) is 4.58. The van der Waals surface area contributed by atoms with Gasteiger partial charge in [0.15, 0.2) is 5.82 Å². The largest absolute Gasteiger partial charge is 0.228 e. The van der Waals surface area contributed by atoms with Gasteiger partial charge in [0.05, 0.1) is 22.6 Å². The number of nitrogens with zero attached hydrogens (tertiary/aromatic N) is 5. The molecule has 1 aliphatic rings. The Balaban J connectivity index is 0.992. The lowest BCUT2D eigenvalue weighted by atomic mass is 9.82. The molecule has 10 rings (SSSR count). The summed E-state index contributed by atoms with van der Waals surface area (Å²) in [7, 11) is 0. The predicted octanol–water partition coefficient (Wildman–Crippen LogP) is 11.9. The summed E-state index contributed by atoms with van der Waals surface area (Å²) in [5, 5.41) is 9.21. The monoisotopic (exact) mass is 693 g/mol. The van der Waals surface area contributed by atoms with Crippen molar-refractivity contribution in [2.45, 2.75) is 19.3 Å². The Kier molecular flexibility index (Phi) is 7.41. The van der Waals surface area contributed by atoms with E-state index in [-0.39, 0.29) is 5.41 Å². The fraction of sp³-hybridized carbons (Fsp3) is 0.0612. The van der Waals surface area contributed by atoms with Crippen molar-refractivity contribution in [2.24, 2.45) is 0 Å². The third kappa shape index (κ3) is 5.41. The molecule has 2 heterocycles. The van der Waals surface area contributed by atoms with Crippen LogP contribution >= 0.6 is 0 Å². The Labute approximate surface area is 314 Å². The van der Waals surface area contributed by atoms with Gasteiger partial charge in [0.2, 0.25) is 0 Å². The second-order valence-corrected chi connectivity index (χ2v) is 14.5. The topological polar surface area (TPSA) is 56.5 Å². The van der Waals surface area contributed by atoms with Crippen molar-refractivity contribution in [3.63, 3.8) is 0 Å². The van der Waals surface area contributed by atoms with E-state index in [4.69, 9.17) is 9.97 Å². The third-order valence-electron chi connectivity index (χ3n) is 10.8. The van der Waals surface area contributed by atoms with Gasteiger partial charge in [0.1, 0.15) is 5.52 Å². The van der Waals surface area contributed by atoms with Crippen LogP contribution < -0.4 is 0 Å². The second kappa shape index (κ2) is 12.6. The van der Waals surface area contributed by atoms with Crippen molar-refractivity contribution in [1.29, 1.82) is 0 Å². The Morgan fingerprint density at radius 2 is 1.00 bits per heavy atom. The summed E-state index contributed by atoms with van der Waals surface area (Å²) in [6, 6.07) is 61.7. The number of rotatable bonds is 6. The van der Waals surface area contributed by atoms with Gasteiger partial charge in [-0.25, -0.2) is 14.6 Å². The van der Waals surface area contributed by atoms with Crippen molar-refractivity contribution in [2.75, 3.05) is 0 Å². The van der Waals surface area contributed by atoms with Crippen molar-refractivity contribution in [3.8, 4) is 73.0 Å². The quantitative estimate of drug-likeness (QED) is 0.174. The predicted molar refractivity (Wildman–Crippen MR) is 219 cm³/mol. The van der Waals surface area contributed by atoms with Crippen LogP contribution in [0.5, 0.6) is 0 Å². The summed E-state index contributed by atoms with van der Waals surface area (Å²) in [4.78, 5) is 10.1. The van der Waals surface area contributed by atoms with Crippen LogP contribution in [0, 0.1) is 0 Å². The smallest absolute Gasteiger partial charge is 0.160 e.